The molecule has 0 bridgehead atoms. The Morgan fingerprint density at radius 2 is 1.56 bits per heavy atom. The number of alkyl carbamates (subject to hydrolysis) is 1. The van der Waals surface area contributed by atoms with Gasteiger partial charge >= 0.3 is 12.1 Å². The zero-order valence-electron chi connectivity index (χ0n) is 14.6. The summed E-state index contributed by atoms with van der Waals surface area (Å²) in [6.45, 7) is 0.578. The Balaban J connectivity index is 1.54. The second kappa shape index (κ2) is 8.67. The van der Waals surface area contributed by atoms with Crippen molar-refractivity contribution in [2.24, 2.45) is 0 Å². The molecule has 0 aliphatic rings. The van der Waals surface area contributed by atoms with Gasteiger partial charge in [0.25, 0.3) is 0 Å². The summed E-state index contributed by atoms with van der Waals surface area (Å²) in [6.07, 6.45) is -0.475. The van der Waals surface area contributed by atoms with Crippen LogP contribution >= 0.6 is 0 Å². The van der Waals surface area contributed by atoms with E-state index in [-0.39, 0.29) is 12.2 Å². The third-order valence-electron chi connectivity index (χ3n) is 4.05. The number of carboxylic acids is 1. The normalized spacial score (nSPS) is 10.2. The van der Waals surface area contributed by atoms with E-state index < -0.39 is 12.1 Å². The fraction of sp³-hybridized carbons (Fsp3) is 0.0909. The minimum atomic E-state index is -0.952. The average molecular weight is 361 g/mol. The highest BCUT2D eigenvalue weighted by molar-refractivity contribution is 5.89. The monoisotopic (exact) mass is 361 g/mol. The number of benzene rings is 3. The molecule has 0 saturated carbocycles. The number of carboxylic acid groups (broad SMARTS) is 1. The van der Waals surface area contributed by atoms with Gasteiger partial charge in [-0.2, -0.15) is 0 Å². The van der Waals surface area contributed by atoms with E-state index in [9.17, 15) is 9.59 Å². The molecule has 0 spiro atoms. The Morgan fingerprint density at radius 3 is 2.26 bits per heavy atom. The van der Waals surface area contributed by atoms with Gasteiger partial charge in [0.2, 0.25) is 0 Å². The molecule has 0 aromatic heterocycles. The Morgan fingerprint density at radius 1 is 0.815 bits per heavy atom. The molecule has 0 fully saturated rings. The zero-order valence-corrected chi connectivity index (χ0v) is 14.6. The summed E-state index contributed by atoms with van der Waals surface area (Å²) >= 11 is 0. The minimum absolute atomic E-state index is 0.228. The maximum atomic E-state index is 11.8. The van der Waals surface area contributed by atoms with Crippen LogP contribution in [0.15, 0.2) is 78.9 Å². The third-order valence-corrected chi connectivity index (χ3v) is 4.05. The summed E-state index contributed by atoms with van der Waals surface area (Å²) < 4.78 is 5.17. The average Bonchev–Trinajstić information content (AvgIpc) is 2.72. The molecule has 0 aliphatic carbocycles. The number of aromatic carboxylic acids is 1. The lowest BCUT2D eigenvalue weighted by atomic mass is 10.0. The molecule has 0 heterocycles. The van der Waals surface area contributed by atoms with Crippen LogP contribution in [0.3, 0.4) is 0 Å². The highest BCUT2D eigenvalue weighted by Gasteiger charge is 2.06. The van der Waals surface area contributed by atoms with Gasteiger partial charge in [-0.25, -0.2) is 9.59 Å². The lowest BCUT2D eigenvalue weighted by Gasteiger charge is -2.08. The van der Waals surface area contributed by atoms with Crippen LogP contribution in [0.5, 0.6) is 0 Å². The first kappa shape index (κ1) is 18.2. The van der Waals surface area contributed by atoms with E-state index in [0.717, 1.165) is 22.3 Å². The van der Waals surface area contributed by atoms with Crippen LogP contribution in [-0.2, 0) is 17.9 Å². The summed E-state index contributed by atoms with van der Waals surface area (Å²) in [5.41, 5.74) is 3.84. The Hall–Kier alpha value is -3.60. The molecule has 0 radical (unpaired) electrons. The molecule has 0 aliphatic heterocycles. The minimum Gasteiger partial charge on any atom is -0.478 e. The van der Waals surface area contributed by atoms with E-state index in [1.807, 2.05) is 60.7 Å². The molecular formula is C22H19NO4. The third kappa shape index (κ3) is 5.19. The van der Waals surface area contributed by atoms with Crippen molar-refractivity contribution in [1.29, 1.82) is 0 Å². The summed E-state index contributed by atoms with van der Waals surface area (Å²) in [5, 5.41) is 11.8. The van der Waals surface area contributed by atoms with Crippen LogP contribution in [0.25, 0.3) is 11.1 Å². The highest BCUT2D eigenvalue weighted by Crippen LogP contribution is 2.21. The number of ether oxygens (including phenoxy) is 1. The van der Waals surface area contributed by atoms with Crippen molar-refractivity contribution >= 4 is 12.1 Å². The van der Waals surface area contributed by atoms with Gasteiger partial charge in [-0.3, -0.25) is 0 Å². The fourth-order valence-electron chi connectivity index (χ4n) is 2.60. The van der Waals surface area contributed by atoms with Crippen LogP contribution in [0.2, 0.25) is 0 Å². The van der Waals surface area contributed by atoms with Gasteiger partial charge in [-0.1, -0.05) is 66.7 Å². The number of hydrogen-bond donors (Lipinski definition) is 2. The van der Waals surface area contributed by atoms with Crippen LogP contribution < -0.4 is 5.32 Å². The van der Waals surface area contributed by atoms with Crippen molar-refractivity contribution in [3.63, 3.8) is 0 Å². The molecule has 0 atom stereocenters. The standard InChI is InChI=1S/C22H19NO4/c24-21(25)20-8-4-7-19(13-20)18-11-9-16(10-12-18)14-23-22(26)27-15-17-5-2-1-3-6-17/h1-13H,14-15H2,(H,23,26)(H,24,25). The second-order valence-corrected chi connectivity index (χ2v) is 6.00. The lowest BCUT2D eigenvalue weighted by molar-refractivity contribution is 0.0697. The summed E-state index contributed by atoms with van der Waals surface area (Å²) in [5.74, 6) is -0.952. The van der Waals surface area contributed by atoms with Crippen LogP contribution in [0.1, 0.15) is 21.5 Å². The predicted octanol–water partition coefficient (Wildman–Crippen LogP) is 4.48. The molecule has 0 saturated heterocycles. The van der Waals surface area contributed by atoms with E-state index >= 15 is 0 Å². The van der Waals surface area contributed by atoms with Gasteiger partial charge in [0, 0.05) is 6.54 Å². The molecule has 5 nitrogen and oxygen atoms in total. The highest BCUT2D eigenvalue weighted by atomic mass is 16.5. The molecule has 2 N–H and O–H groups in total. The van der Waals surface area contributed by atoms with Crippen LogP contribution in [-0.4, -0.2) is 17.2 Å². The van der Waals surface area contributed by atoms with E-state index in [1.165, 1.54) is 0 Å². The van der Waals surface area contributed by atoms with Crippen molar-refractivity contribution in [3.05, 3.63) is 95.6 Å². The smallest absolute Gasteiger partial charge is 0.407 e. The lowest BCUT2D eigenvalue weighted by Crippen LogP contribution is -2.23. The van der Waals surface area contributed by atoms with Crippen LogP contribution in [0.4, 0.5) is 4.79 Å². The fourth-order valence-corrected chi connectivity index (χ4v) is 2.60. The van der Waals surface area contributed by atoms with Gasteiger partial charge < -0.3 is 15.2 Å². The van der Waals surface area contributed by atoms with E-state index in [1.54, 1.807) is 18.2 Å². The van der Waals surface area contributed by atoms with Gasteiger partial charge in [0.15, 0.2) is 0 Å². The summed E-state index contributed by atoms with van der Waals surface area (Å²) in [6, 6.07) is 23.8. The number of carbonyl (C=O) groups is 2. The number of nitrogens with one attached hydrogen (secondary N) is 1. The predicted molar refractivity (Wildman–Crippen MR) is 102 cm³/mol. The van der Waals surface area contributed by atoms with Crippen molar-refractivity contribution in [2.75, 3.05) is 0 Å². The van der Waals surface area contributed by atoms with Gasteiger partial charge in [0.1, 0.15) is 6.61 Å². The van der Waals surface area contributed by atoms with E-state index in [4.69, 9.17) is 9.84 Å². The molecule has 1 amide bonds. The van der Waals surface area contributed by atoms with Crippen molar-refractivity contribution in [2.45, 2.75) is 13.2 Å². The molecule has 136 valence electrons. The number of hydrogen-bond acceptors (Lipinski definition) is 3. The Bertz CT molecular complexity index is 921. The number of carbonyl (C=O) groups excluding carboxylic acids is 1. The first-order valence-electron chi connectivity index (χ1n) is 8.49. The maximum absolute atomic E-state index is 11.8. The van der Waals surface area contributed by atoms with Crippen molar-refractivity contribution in [3.8, 4) is 11.1 Å². The Labute approximate surface area is 157 Å². The largest absolute Gasteiger partial charge is 0.478 e. The topological polar surface area (TPSA) is 75.6 Å². The van der Waals surface area contributed by atoms with E-state index in [0.29, 0.717) is 6.54 Å². The van der Waals surface area contributed by atoms with Gasteiger partial charge in [0.05, 0.1) is 5.56 Å². The molecule has 0 unspecified atom stereocenters. The molecule has 5 heteroatoms. The summed E-state index contributed by atoms with van der Waals surface area (Å²) in [4.78, 5) is 22.9. The molecule has 3 aromatic carbocycles. The van der Waals surface area contributed by atoms with Crippen molar-refractivity contribution < 1.29 is 19.4 Å². The molecule has 27 heavy (non-hydrogen) atoms. The number of amides is 1. The van der Waals surface area contributed by atoms with Crippen molar-refractivity contribution in [1.82, 2.24) is 5.32 Å². The van der Waals surface area contributed by atoms with Crippen LogP contribution in [0, 0.1) is 0 Å². The second-order valence-electron chi connectivity index (χ2n) is 6.00. The van der Waals surface area contributed by atoms with E-state index in [2.05, 4.69) is 5.32 Å². The molecule has 3 rings (SSSR count). The first-order chi connectivity index (χ1) is 13.1. The quantitative estimate of drug-likeness (QED) is 0.679. The number of rotatable bonds is 6. The zero-order chi connectivity index (χ0) is 19.1. The Kier molecular flexibility index (Phi) is 5.84. The first-order valence-corrected chi connectivity index (χ1v) is 8.49. The van der Waals surface area contributed by atoms with Gasteiger partial charge in [-0.05, 0) is 34.4 Å². The molecular weight excluding hydrogens is 342 g/mol. The van der Waals surface area contributed by atoms with Gasteiger partial charge in [-0.15, -0.1) is 0 Å². The SMILES string of the molecule is O=C(NCc1ccc(-c2cccc(C(=O)O)c2)cc1)OCc1ccccc1. The summed E-state index contributed by atoms with van der Waals surface area (Å²) in [7, 11) is 0. The maximum Gasteiger partial charge on any atom is 0.407 e. The molecule has 3 aromatic rings.